The van der Waals surface area contributed by atoms with Crippen LogP contribution in [0.1, 0.15) is 10.6 Å². The van der Waals surface area contributed by atoms with E-state index in [1.54, 1.807) is 5.38 Å². The van der Waals surface area contributed by atoms with E-state index in [1.165, 1.54) is 15.6 Å². The zero-order valence-corrected chi connectivity index (χ0v) is 14.6. The van der Waals surface area contributed by atoms with Crippen molar-refractivity contribution in [1.82, 2.24) is 14.2 Å². The zero-order chi connectivity index (χ0) is 16.4. The van der Waals surface area contributed by atoms with Gasteiger partial charge in [-0.3, -0.25) is 4.90 Å². The highest BCUT2D eigenvalue weighted by molar-refractivity contribution is 7.89. The summed E-state index contributed by atoms with van der Waals surface area (Å²) in [5.74, 6) is 0. The van der Waals surface area contributed by atoms with Crippen LogP contribution in [-0.2, 0) is 16.6 Å². The predicted molar refractivity (Wildman–Crippen MR) is 91.7 cm³/mol. The molecule has 8 heteroatoms. The lowest BCUT2D eigenvalue weighted by molar-refractivity contribution is 0.181. The van der Waals surface area contributed by atoms with E-state index in [0.717, 1.165) is 22.8 Å². The van der Waals surface area contributed by atoms with Gasteiger partial charge in [-0.05, 0) is 24.6 Å². The molecule has 6 nitrogen and oxygen atoms in total. The van der Waals surface area contributed by atoms with Crippen molar-refractivity contribution in [3.8, 4) is 0 Å². The van der Waals surface area contributed by atoms with Gasteiger partial charge in [-0.2, -0.15) is 4.31 Å². The third kappa shape index (κ3) is 3.72. The van der Waals surface area contributed by atoms with Crippen LogP contribution in [0.15, 0.2) is 34.7 Å². The number of piperazine rings is 1. The van der Waals surface area contributed by atoms with Crippen molar-refractivity contribution < 1.29 is 8.42 Å². The number of thiazole rings is 1. The molecule has 0 bridgehead atoms. The third-order valence-corrected chi connectivity index (χ3v) is 6.60. The largest absolute Gasteiger partial charge is 0.399 e. The van der Waals surface area contributed by atoms with E-state index in [1.807, 2.05) is 31.2 Å². The second kappa shape index (κ2) is 6.56. The maximum Gasteiger partial charge on any atom is 0.261 e. The van der Waals surface area contributed by atoms with Crippen molar-refractivity contribution in [2.45, 2.75) is 18.5 Å². The van der Waals surface area contributed by atoms with Gasteiger partial charge < -0.3 is 5.73 Å². The smallest absolute Gasteiger partial charge is 0.261 e. The lowest BCUT2D eigenvalue weighted by atomic mass is 10.2. The van der Waals surface area contributed by atoms with Crippen molar-refractivity contribution in [3.05, 3.63) is 40.2 Å². The van der Waals surface area contributed by atoms with Crippen LogP contribution in [-0.4, -0.2) is 48.8 Å². The number of hydrogen-bond acceptors (Lipinski definition) is 6. The Kier molecular flexibility index (Phi) is 4.67. The van der Waals surface area contributed by atoms with Gasteiger partial charge in [0.2, 0.25) is 0 Å². The minimum absolute atomic E-state index is 0.171. The molecule has 3 rings (SSSR count). The lowest BCUT2D eigenvalue weighted by Gasteiger charge is -2.33. The van der Waals surface area contributed by atoms with Gasteiger partial charge in [-0.1, -0.05) is 12.1 Å². The molecule has 0 spiro atoms. The molecule has 2 N–H and O–H groups in total. The fourth-order valence-corrected chi connectivity index (χ4v) is 5.00. The second-order valence-electron chi connectivity index (χ2n) is 5.63. The fourth-order valence-electron chi connectivity index (χ4n) is 2.67. The molecule has 1 aliphatic rings. The molecule has 0 radical (unpaired) electrons. The van der Waals surface area contributed by atoms with Gasteiger partial charge in [0.15, 0.2) is 5.03 Å². The Morgan fingerprint density at radius 3 is 2.61 bits per heavy atom. The Morgan fingerprint density at radius 1 is 1.26 bits per heavy atom. The van der Waals surface area contributed by atoms with Gasteiger partial charge in [-0.15, -0.1) is 11.3 Å². The van der Waals surface area contributed by atoms with Crippen LogP contribution in [0.5, 0.6) is 0 Å². The highest BCUT2D eigenvalue weighted by Crippen LogP contribution is 2.20. The molecule has 2 aromatic rings. The summed E-state index contributed by atoms with van der Waals surface area (Å²) in [4.78, 5) is 6.36. The first-order valence-electron chi connectivity index (χ1n) is 7.44. The zero-order valence-electron chi connectivity index (χ0n) is 13.0. The first kappa shape index (κ1) is 16.4. The molecule has 0 atom stereocenters. The fraction of sp³-hybridized carbons (Fsp3) is 0.400. The molecule has 124 valence electrons. The van der Waals surface area contributed by atoms with E-state index in [2.05, 4.69) is 9.88 Å². The standard InChI is InChI=1S/C15H20N4O2S2/c1-12-17-15(11-22-12)23(20,21)19-7-5-18(6-8-19)10-13-3-2-4-14(16)9-13/h2-4,9,11H,5-8,10,16H2,1H3. The molecule has 2 heterocycles. The molecular formula is C15H20N4O2S2. The molecule has 0 amide bonds. The number of nitrogens with zero attached hydrogens (tertiary/aromatic N) is 3. The quantitative estimate of drug-likeness (QED) is 0.845. The molecule has 1 aromatic carbocycles. The third-order valence-electron chi connectivity index (χ3n) is 3.89. The van der Waals surface area contributed by atoms with Gasteiger partial charge in [-0.25, -0.2) is 13.4 Å². The van der Waals surface area contributed by atoms with Crippen molar-refractivity contribution in [3.63, 3.8) is 0 Å². The average molecular weight is 352 g/mol. The van der Waals surface area contributed by atoms with E-state index in [9.17, 15) is 8.42 Å². The Hall–Kier alpha value is -1.48. The van der Waals surface area contributed by atoms with Crippen LogP contribution in [0, 0.1) is 6.92 Å². The molecule has 1 fully saturated rings. The summed E-state index contributed by atoms with van der Waals surface area (Å²) >= 11 is 1.36. The summed E-state index contributed by atoms with van der Waals surface area (Å²) < 4.78 is 26.6. The molecular weight excluding hydrogens is 332 g/mol. The van der Waals surface area contributed by atoms with Crippen molar-refractivity contribution in [2.24, 2.45) is 0 Å². The molecule has 1 saturated heterocycles. The van der Waals surface area contributed by atoms with Crippen molar-refractivity contribution in [1.29, 1.82) is 0 Å². The highest BCUT2D eigenvalue weighted by Gasteiger charge is 2.30. The summed E-state index contributed by atoms with van der Waals surface area (Å²) in [6, 6.07) is 7.80. The number of nitrogen functional groups attached to an aromatic ring is 1. The van der Waals surface area contributed by atoms with E-state index in [4.69, 9.17) is 5.73 Å². The molecule has 1 aromatic heterocycles. The van der Waals surface area contributed by atoms with Crippen molar-refractivity contribution >= 4 is 27.0 Å². The minimum Gasteiger partial charge on any atom is -0.399 e. The number of sulfonamides is 1. The predicted octanol–water partition coefficient (Wildman–Crippen LogP) is 1.54. The summed E-state index contributed by atoms with van der Waals surface area (Å²) in [7, 11) is -3.46. The summed E-state index contributed by atoms with van der Waals surface area (Å²) in [6.07, 6.45) is 0. The number of hydrogen-bond donors (Lipinski definition) is 1. The number of benzene rings is 1. The van der Waals surface area contributed by atoms with Crippen LogP contribution in [0.4, 0.5) is 5.69 Å². The Morgan fingerprint density at radius 2 is 2.00 bits per heavy atom. The minimum atomic E-state index is -3.46. The summed E-state index contributed by atoms with van der Waals surface area (Å²) in [5, 5.41) is 2.55. The Bertz CT molecular complexity index is 780. The molecule has 0 unspecified atom stereocenters. The number of aryl methyl sites for hydroxylation is 1. The van der Waals surface area contributed by atoms with Crippen LogP contribution >= 0.6 is 11.3 Å². The SMILES string of the molecule is Cc1nc(S(=O)(=O)N2CCN(Cc3cccc(N)c3)CC2)cs1. The average Bonchev–Trinajstić information content (AvgIpc) is 2.95. The van der Waals surface area contributed by atoms with Gasteiger partial charge in [0, 0.05) is 43.8 Å². The van der Waals surface area contributed by atoms with Gasteiger partial charge in [0.1, 0.15) is 0 Å². The van der Waals surface area contributed by atoms with Crippen molar-refractivity contribution in [2.75, 3.05) is 31.9 Å². The molecule has 0 aliphatic carbocycles. The van der Waals surface area contributed by atoms with Crippen LogP contribution in [0.3, 0.4) is 0 Å². The second-order valence-corrected chi connectivity index (χ2v) is 8.58. The van der Waals surface area contributed by atoms with Crippen LogP contribution < -0.4 is 5.73 Å². The number of aromatic nitrogens is 1. The number of anilines is 1. The van der Waals surface area contributed by atoms with E-state index >= 15 is 0 Å². The van der Waals surface area contributed by atoms with E-state index < -0.39 is 10.0 Å². The number of nitrogens with two attached hydrogens (primary N) is 1. The maximum atomic E-state index is 12.5. The summed E-state index contributed by atoms with van der Waals surface area (Å²) in [5.41, 5.74) is 7.70. The lowest BCUT2D eigenvalue weighted by Crippen LogP contribution is -2.48. The monoisotopic (exact) mass is 352 g/mol. The number of rotatable bonds is 4. The van der Waals surface area contributed by atoms with Crippen LogP contribution in [0.2, 0.25) is 0 Å². The first-order valence-corrected chi connectivity index (χ1v) is 9.76. The molecule has 0 saturated carbocycles. The highest BCUT2D eigenvalue weighted by atomic mass is 32.2. The Balaban J connectivity index is 1.62. The topological polar surface area (TPSA) is 79.5 Å². The molecule has 23 heavy (non-hydrogen) atoms. The van der Waals surface area contributed by atoms with E-state index in [-0.39, 0.29) is 5.03 Å². The van der Waals surface area contributed by atoms with E-state index in [0.29, 0.717) is 26.2 Å². The van der Waals surface area contributed by atoms with Crippen LogP contribution in [0.25, 0.3) is 0 Å². The molecule has 1 aliphatic heterocycles. The maximum absolute atomic E-state index is 12.5. The van der Waals surface area contributed by atoms with Gasteiger partial charge in [0.25, 0.3) is 10.0 Å². The van der Waals surface area contributed by atoms with Gasteiger partial charge in [0.05, 0.1) is 5.01 Å². The normalized spacial score (nSPS) is 17.4. The Labute approximate surface area is 140 Å². The first-order chi connectivity index (χ1) is 10.9. The van der Waals surface area contributed by atoms with Gasteiger partial charge >= 0.3 is 0 Å². The summed E-state index contributed by atoms with van der Waals surface area (Å²) in [6.45, 7) is 4.98.